The van der Waals surface area contributed by atoms with Crippen molar-refractivity contribution in [3.8, 4) is 0 Å². The summed E-state index contributed by atoms with van der Waals surface area (Å²) >= 11 is 1.48. The second-order valence-electron chi connectivity index (χ2n) is 6.05. The molecule has 3 aromatic rings. The van der Waals surface area contributed by atoms with Gasteiger partial charge in [0.05, 0.1) is 18.3 Å². The molecule has 0 bridgehead atoms. The Morgan fingerprint density at radius 2 is 2.29 bits per heavy atom. The van der Waals surface area contributed by atoms with Crippen molar-refractivity contribution < 1.29 is 8.94 Å². The highest BCUT2D eigenvalue weighted by Gasteiger charge is 2.29. The smallest absolute Gasteiger partial charge is 0.198 e. The summed E-state index contributed by atoms with van der Waals surface area (Å²) in [7, 11) is 1.92. The third-order valence-corrected chi connectivity index (χ3v) is 5.17. The molecule has 0 aromatic carbocycles. The van der Waals surface area contributed by atoms with Crippen LogP contribution in [-0.4, -0.2) is 31.4 Å². The first-order valence-electron chi connectivity index (χ1n) is 7.97. The molecule has 0 radical (unpaired) electrons. The molecule has 1 saturated heterocycles. The normalized spacial score (nSPS) is 18.5. The molecular weight excluding hydrogens is 326 g/mol. The largest absolute Gasteiger partial charge is 0.453 e. The average molecular weight is 345 g/mol. The van der Waals surface area contributed by atoms with Crippen molar-refractivity contribution in [1.29, 1.82) is 0 Å². The zero-order valence-corrected chi connectivity index (χ0v) is 14.5. The Morgan fingerprint density at radius 3 is 3.04 bits per heavy atom. The van der Waals surface area contributed by atoms with Crippen molar-refractivity contribution in [2.24, 2.45) is 7.05 Å². The van der Waals surface area contributed by atoms with Crippen molar-refractivity contribution in [3.05, 3.63) is 41.7 Å². The van der Waals surface area contributed by atoms with Crippen LogP contribution in [0.2, 0.25) is 0 Å². The SMILES string of the molecule is Cc1cc([C@@H]2CCCN2Cc2ccc(Sc3nncn3C)o2)on1. The van der Waals surface area contributed by atoms with E-state index in [0.29, 0.717) is 0 Å². The van der Waals surface area contributed by atoms with Gasteiger partial charge in [-0.25, -0.2) is 0 Å². The predicted octanol–water partition coefficient (Wildman–Crippen LogP) is 3.19. The van der Waals surface area contributed by atoms with Crippen molar-refractivity contribution in [2.75, 3.05) is 6.54 Å². The molecule has 0 aliphatic carbocycles. The summed E-state index contributed by atoms with van der Waals surface area (Å²) in [5.74, 6) is 1.90. The van der Waals surface area contributed by atoms with Gasteiger partial charge in [0.15, 0.2) is 16.0 Å². The lowest BCUT2D eigenvalue weighted by Crippen LogP contribution is -2.22. The standard InChI is InChI=1S/C16H19N5O2S/c1-11-8-14(23-19-11)13-4-3-7-21(13)9-12-5-6-15(22-12)24-16-18-17-10-20(16)2/h5-6,8,10,13H,3-4,7,9H2,1-2H3/t13-/m0/s1. The van der Waals surface area contributed by atoms with E-state index in [1.807, 2.05) is 36.7 Å². The molecular formula is C16H19N5O2S. The van der Waals surface area contributed by atoms with Crippen molar-refractivity contribution in [1.82, 2.24) is 24.8 Å². The molecule has 1 fully saturated rings. The number of likely N-dealkylation sites (tertiary alicyclic amines) is 1. The van der Waals surface area contributed by atoms with Gasteiger partial charge >= 0.3 is 0 Å². The van der Waals surface area contributed by atoms with E-state index in [0.717, 1.165) is 53.4 Å². The minimum atomic E-state index is 0.283. The maximum atomic E-state index is 5.96. The molecule has 0 spiro atoms. The number of furan rings is 1. The van der Waals surface area contributed by atoms with Crippen molar-refractivity contribution in [3.63, 3.8) is 0 Å². The Morgan fingerprint density at radius 1 is 1.38 bits per heavy atom. The number of nitrogens with zero attached hydrogens (tertiary/aromatic N) is 5. The zero-order valence-electron chi connectivity index (χ0n) is 13.7. The number of hydrogen-bond acceptors (Lipinski definition) is 7. The summed E-state index contributed by atoms with van der Waals surface area (Å²) in [6.45, 7) is 3.76. The van der Waals surface area contributed by atoms with Gasteiger partial charge in [-0.3, -0.25) is 4.90 Å². The molecule has 7 nitrogen and oxygen atoms in total. The maximum Gasteiger partial charge on any atom is 0.198 e. The summed E-state index contributed by atoms with van der Waals surface area (Å²) in [4.78, 5) is 2.38. The molecule has 1 atom stereocenters. The molecule has 3 aromatic heterocycles. The van der Waals surface area contributed by atoms with Crippen LogP contribution in [0.1, 0.15) is 36.1 Å². The minimum absolute atomic E-state index is 0.283. The third-order valence-electron chi connectivity index (χ3n) is 4.20. The van der Waals surface area contributed by atoms with Crippen LogP contribution in [0.25, 0.3) is 0 Å². The first-order chi connectivity index (χ1) is 11.7. The van der Waals surface area contributed by atoms with Crippen LogP contribution in [0.4, 0.5) is 0 Å². The molecule has 4 heterocycles. The fraction of sp³-hybridized carbons (Fsp3) is 0.438. The molecule has 8 heteroatoms. The predicted molar refractivity (Wildman–Crippen MR) is 87.5 cm³/mol. The number of aromatic nitrogens is 4. The Kier molecular flexibility index (Phi) is 4.15. The summed E-state index contributed by atoms with van der Waals surface area (Å²) in [6.07, 6.45) is 3.93. The molecule has 126 valence electrons. The Hall–Kier alpha value is -2.06. The van der Waals surface area contributed by atoms with E-state index in [1.54, 1.807) is 6.33 Å². The second-order valence-corrected chi connectivity index (χ2v) is 7.02. The van der Waals surface area contributed by atoms with Crippen LogP contribution < -0.4 is 0 Å². The number of aryl methyl sites for hydroxylation is 2. The van der Waals surface area contributed by atoms with Crippen LogP contribution in [-0.2, 0) is 13.6 Å². The lowest BCUT2D eigenvalue weighted by atomic mass is 10.1. The monoisotopic (exact) mass is 345 g/mol. The van der Waals surface area contributed by atoms with E-state index in [1.165, 1.54) is 11.8 Å². The van der Waals surface area contributed by atoms with Gasteiger partial charge in [0.1, 0.15) is 12.1 Å². The number of rotatable bonds is 5. The topological polar surface area (TPSA) is 73.1 Å². The lowest BCUT2D eigenvalue weighted by molar-refractivity contribution is 0.190. The highest BCUT2D eigenvalue weighted by atomic mass is 32.2. The second kappa shape index (κ2) is 6.45. The molecule has 1 aliphatic heterocycles. The molecule has 0 amide bonds. The zero-order chi connectivity index (χ0) is 16.5. The van der Waals surface area contributed by atoms with Gasteiger partial charge in [-0.15, -0.1) is 10.2 Å². The highest BCUT2D eigenvalue weighted by Crippen LogP contribution is 2.34. The van der Waals surface area contributed by atoms with E-state index in [9.17, 15) is 0 Å². The first-order valence-corrected chi connectivity index (χ1v) is 8.78. The van der Waals surface area contributed by atoms with Gasteiger partial charge < -0.3 is 13.5 Å². The molecule has 0 N–H and O–H groups in total. The Bertz CT molecular complexity index is 824. The molecule has 0 unspecified atom stereocenters. The minimum Gasteiger partial charge on any atom is -0.453 e. The fourth-order valence-corrected chi connectivity index (χ4v) is 3.77. The third kappa shape index (κ3) is 3.11. The van der Waals surface area contributed by atoms with Crippen molar-refractivity contribution in [2.45, 2.75) is 42.6 Å². The highest BCUT2D eigenvalue weighted by molar-refractivity contribution is 7.99. The van der Waals surface area contributed by atoms with Gasteiger partial charge in [-0.1, -0.05) is 5.16 Å². The lowest BCUT2D eigenvalue weighted by Gasteiger charge is -2.20. The Balaban J connectivity index is 1.44. The molecule has 0 saturated carbocycles. The van der Waals surface area contributed by atoms with Gasteiger partial charge in [0, 0.05) is 13.1 Å². The van der Waals surface area contributed by atoms with Crippen LogP contribution in [0, 0.1) is 6.92 Å². The van der Waals surface area contributed by atoms with Crippen LogP contribution in [0.15, 0.2) is 43.7 Å². The first kappa shape index (κ1) is 15.5. The summed E-state index contributed by atoms with van der Waals surface area (Å²) < 4.78 is 13.3. The van der Waals surface area contributed by atoms with E-state index in [4.69, 9.17) is 8.94 Å². The quantitative estimate of drug-likeness (QED) is 0.703. The van der Waals surface area contributed by atoms with Crippen LogP contribution >= 0.6 is 11.8 Å². The van der Waals surface area contributed by atoms with Crippen LogP contribution in [0.5, 0.6) is 0 Å². The van der Waals surface area contributed by atoms with E-state index in [2.05, 4.69) is 20.3 Å². The van der Waals surface area contributed by atoms with Gasteiger partial charge in [0.25, 0.3) is 0 Å². The van der Waals surface area contributed by atoms with Gasteiger partial charge in [-0.2, -0.15) is 0 Å². The molecule has 4 rings (SSSR count). The molecule has 1 aliphatic rings. The van der Waals surface area contributed by atoms with E-state index in [-0.39, 0.29) is 6.04 Å². The summed E-state index contributed by atoms with van der Waals surface area (Å²) in [5.41, 5.74) is 0.928. The Labute approximate surface area is 144 Å². The molecule has 24 heavy (non-hydrogen) atoms. The van der Waals surface area contributed by atoms with E-state index >= 15 is 0 Å². The fourth-order valence-electron chi connectivity index (χ4n) is 3.03. The van der Waals surface area contributed by atoms with Gasteiger partial charge in [-0.05, 0) is 50.2 Å². The average Bonchev–Trinajstić information content (AvgIpc) is 3.31. The maximum absolute atomic E-state index is 5.96. The van der Waals surface area contributed by atoms with Crippen molar-refractivity contribution >= 4 is 11.8 Å². The van der Waals surface area contributed by atoms with E-state index < -0.39 is 0 Å². The summed E-state index contributed by atoms with van der Waals surface area (Å²) in [5, 5.41) is 13.6. The number of hydrogen-bond donors (Lipinski definition) is 0. The van der Waals surface area contributed by atoms with Gasteiger partial charge in [0.2, 0.25) is 0 Å². The summed E-state index contributed by atoms with van der Waals surface area (Å²) in [6, 6.07) is 6.32. The van der Waals surface area contributed by atoms with Crippen LogP contribution in [0.3, 0.4) is 0 Å².